The second-order valence-electron chi connectivity index (χ2n) is 15.6. The monoisotopic (exact) mass is 790 g/mol. The number of sulfonamides is 1. The molecule has 1 aromatic heterocycles. The predicted molar refractivity (Wildman–Crippen MR) is 198 cm³/mol. The summed E-state index contributed by atoms with van der Waals surface area (Å²) < 4.78 is 88.8. The summed E-state index contributed by atoms with van der Waals surface area (Å²) in [7, 11) is -4.32. The van der Waals surface area contributed by atoms with Gasteiger partial charge in [-0.2, -0.15) is 9.29 Å². The minimum Gasteiger partial charge on any atom is -0.446 e. The highest BCUT2D eigenvalue weighted by Crippen LogP contribution is 2.50. The number of hydrogen-bond acceptors (Lipinski definition) is 11. The van der Waals surface area contributed by atoms with Gasteiger partial charge in [-0.15, -0.1) is 0 Å². The fraction of sp³-hybridized carbons (Fsp3) is 0.641. The first-order valence-electron chi connectivity index (χ1n) is 19.6. The standard InChI is InChI=1S/C39H52F2N4O9S/c1-23(2)42-38-43-31-16-25-21-50-11-8-6-4-3-5-7-10-45(55(48,49)35(25)19-34(31)53-38)20-32(46)30(15-24-13-27(40)18-28(41)14-24)44-39(47)54-33-17-26-22-52-37-36(26)29(33)9-12-51-37/h13-14,16,18-19,23,26,29-30,32-33,36-37,46H,3-12,15,17,20-22H2,1-2H3,(H,42,43)(H,44,47)/t26-,29-,30-,32+,33-,36+,37+/m0/s1. The number of anilines is 1. The number of alkyl carbamates (subject to hydrolysis) is 1. The molecule has 0 spiro atoms. The largest absolute Gasteiger partial charge is 0.446 e. The maximum atomic E-state index is 14.7. The Morgan fingerprint density at radius 2 is 1.80 bits per heavy atom. The molecule has 302 valence electrons. The van der Waals surface area contributed by atoms with Crippen LogP contribution in [0.5, 0.6) is 0 Å². The van der Waals surface area contributed by atoms with Crippen LogP contribution in [0.4, 0.5) is 19.6 Å². The Balaban J connectivity index is 1.16. The van der Waals surface area contributed by atoms with Crippen molar-refractivity contribution in [2.75, 3.05) is 38.2 Å². The van der Waals surface area contributed by atoms with E-state index in [1.807, 2.05) is 13.8 Å². The molecule has 0 radical (unpaired) electrons. The molecule has 0 unspecified atom stereocenters. The molecule has 7 rings (SSSR count). The third-order valence-electron chi connectivity index (χ3n) is 11.2. The molecule has 4 aliphatic rings. The van der Waals surface area contributed by atoms with Crippen LogP contribution in [-0.2, 0) is 42.0 Å². The van der Waals surface area contributed by atoms with E-state index < -0.39 is 52.5 Å². The second kappa shape index (κ2) is 17.4. The third kappa shape index (κ3) is 9.42. The molecule has 1 saturated carbocycles. The van der Waals surface area contributed by atoms with Crippen LogP contribution in [0.15, 0.2) is 39.6 Å². The molecule has 1 amide bonds. The van der Waals surface area contributed by atoms with Crippen LogP contribution in [0.1, 0.15) is 76.3 Å². The highest BCUT2D eigenvalue weighted by Gasteiger charge is 2.55. The number of aliphatic hydroxyl groups is 1. The molecular weight excluding hydrogens is 739 g/mol. The molecule has 3 aromatic rings. The first-order valence-corrected chi connectivity index (χ1v) is 21.0. The van der Waals surface area contributed by atoms with Crippen molar-refractivity contribution < 1.29 is 50.5 Å². The Morgan fingerprint density at radius 1 is 1.04 bits per heavy atom. The Morgan fingerprint density at radius 3 is 2.58 bits per heavy atom. The van der Waals surface area contributed by atoms with E-state index in [2.05, 4.69) is 15.6 Å². The number of benzene rings is 2. The van der Waals surface area contributed by atoms with Crippen LogP contribution in [0.25, 0.3) is 11.1 Å². The average Bonchev–Trinajstić information content (AvgIpc) is 3.82. The Hall–Kier alpha value is -3.41. The van der Waals surface area contributed by atoms with Crippen molar-refractivity contribution in [3.8, 4) is 0 Å². The van der Waals surface area contributed by atoms with Crippen LogP contribution in [0.2, 0.25) is 0 Å². The Labute approximate surface area is 320 Å². The van der Waals surface area contributed by atoms with E-state index in [4.69, 9.17) is 23.4 Å². The molecule has 1 aliphatic carbocycles. The molecule has 3 aliphatic heterocycles. The fourth-order valence-electron chi connectivity index (χ4n) is 8.57. The molecular formula is C39H52F2N4O9S. The van der Waals surface area contributed by atoms with Crippen LogP contribution in [-0.4, -0.2) is 92.4 Å². The highest BCUT2D eigenvalue weighted by atomic mass is 32.2. The van der Waals surface area contributed by atoms with Crippen molar-refractivity contribution >= 4 is 33.2 Å². The summed E-state index contributed by atoms with van der Waals surface area (Å²) in [5.41, 5.74) is 1.30. The number of halogens is 2. The average molecular weight is 791 g/mol. The summed E-state index contributed by atoms with van der Waals surface area (Å²) >= 11 is 0. The zero-order valence-corrected chi connectivity index (χ0v) is 32.2. The van der Waals surface area contributed by atoms with Crippen molar-refractivity contribution in [3.63, 3.8) is 0 Å². The van der Waals surface area contributed by atoms with Gasteiger partial charge in [0.15, 0.2) is 11.9 Å². The number of aliphatic hydroxyl groups excluding tert-OH is 1. The molecule has 7 atom stereocenters. The summed E-state index contributed by atoms with van der Waals surface area (Å²) in [4.78, 5) is 18.1. The fourth-order valence-corrected chi connectivity index (χ4v) is 10.3. The number of ether oxygens (including phenoxy) is 4. The molecule has 0 bridgehead atoms. The summed E-state index contributed by atoms with van der Waals surface area (Å²) in [6.07, 6.45) is 3.09. The van der Waals surface area contributed by atoms with Gasteiger partial charge in [0.1, 0.15) is 23.3 Å². The zero-order chi connectivity index (χ0) is 38.7. The third-order valence-corrected chi connectivity index (χ3v) is 13.1. The second-order valence-corrected chi connectivity index (χ2v) is 17.5. The molecule has 13 nitrogen and oxygen atoms in total. The lowest BCUT2D eigenvalue weighted by molar-refractivity contribution is -0.173. The van der Waals surface area contributed by atoms with Crippen molar-refractivity contribution in [1.82, 2.24) is 14.6 Å². The molecule has 4 heterocycles. The number of nitrogens with zero attached hydrogens (tertiary/aromatic N) is 2. The number of β-amino-alcohol motifs (C(OH)–C–C–N with tert-alkyl or cyclic N) is 1. The predicted octanol–water partition coefficient (Wildman–Crippen LogP) is 5.88. The maximum Gasteiger partial charge on any atom is 0.407 e. The lowest BCUT2D eigenvalue weighted by Crippen LogP contribution is -2.51. The van der Waals surface area contributed by atoms with Crippen LogP contribution in [0.3, 0.4) is 0 Å². The first kappa shape index (κ1) is 39.8. The van der Waals surface area contributed by atoms with E-state index >= 15 is 0 Å². The number of oxazole rings is 1. The van der Waals surface area contributed by atoms with E-state index in [9.17, 15) is 27.1 Å². The Bertz CT molecular complexity index is 1890. The van der Waals surface area contributed by atoms with Gasteiger partial charge in [-0.05, 0) is 75.6 Å². The van der Waals surface area contributed by atoms with Gasteiger partial charge in [-0.25, -0.2) is 22.0 Å². The van der Waals surface area contributed by atoms with Crippen molar-refractivity contribution in [2.45, 2.75) is 114 Å². The first-order chi connectivity index (χ1) is 26.4. The molecule has 2 aromatic carbocycles. The minimum atomic E-state index is -4.32. The SMILES string of the molecule is CC(C)Nc1nc2cc3c(cc2o1)S(=O)(=O)N(C[C@@H](O)[C@H](Cc1cc(F)cc(F)c1)NC(=O)O[C@H]1C[C@H]2CO[C@H]4OCC[C@@H]1[C@@H]24)CCCCCCCCOC3. The minimum absolute atomic E-state index is 0.0186. The summed E-state index contributed by atoms with van der Waals surface area (Å²) in [6, 6.07) is 5.18. The van der Waals surface area contributed by atoms with E-state index in [1.54, 1.807) is 6.07 Å². The van der Waals surface area contributed by atoms with Crippen LogP contribution >= 0.6 is 0 Å². The van der Waals surface area contributed by atoms with Gasteiger partial charge in [0.05, 0.1) is 36.9 Å². The van der Waals surface area contributed by atoms with E-state index in [0.29, 0.717) is 50.2 Å². The van der Waals surface area contributed by atoms with Crippen molar-refractivity contribution in [3.05, 3.63) is 53.1 Å². The van der Waals surface area contributed by atoms with Crippen molar-refractivity contribution in [2.24, 2.45) is 17.8 Å². The van der Waals surface area contributed by atoms with E-state index in [-0.39, 0.29) is 71.7 Å². The quantitative estimate of drug-likeness (QED) is 0.237. The smallest absolute Gasteiger partial charge is 0.407 e. The number of carbonyl (C=O) groups excluding carboxylic acids is 1. The van der Waals surface area contributed by atoms with Gasteiger partial charge in [-0.3, -0.25) is 0 Å². The maximum absolute atomic E-state index is 14.7. The van der Waals surface area contributed by atoms with E-state index in [1.165, 1.54) is 10.4 Å². The number of rotatable bonds is 9. The highest BCUT2D eigenvalue weighted by molar-refractivity contribution is 7.89. The summed E-state index contributed by atoms with van der Waals surface area (Å²) in [6.45, 7) is 5.02. The number of fused-ring (bicyclic) bond motifs is 2. The molecule has 55 heavy (non-hydrogen) atoms. The molecule has 3 fully saturated rings. The molecule has 3 N–H and O–H groups in total. The van der Waals surface area contributed by atoms with Gasteiger partial charge in [0.2, 0.25) is 10.0 Å². The number of carbonyl (C=O) groups is 1. The van der Waals surface area contributed by atoms with Gasteiger partial charge in [-0.1, -0.05) is 25.7 Å². The number of aromatic nitrogens is 1. The van der Waals surface area contributed by atoms with Gasteiger partial charge in [0.25, 0.3) is 6.01 Å². The number of amides is 1. The lowest BCUT2D eigenvalue weighted by atomic mass is 9.87. The summed E-state index contributed by atoms with van der Waals surface area (Å²) in [5.74, 6) is -1.26. The normalized spacial score (nSPS) is 27.2. The zero-order valence-electron chi connectivity index (χ0n) is 31.4. The Kier molecular flexibility index (Phi) is 12.6. The number of nitrogens with one attached hydrogen (secondary N) is 2. The van der Waals surface area contributed by atoms with Gasteiger partial charge >= 0.3 is 6.09 Å². The number of hydrogen-bond donors (Lipinski definition) is 3. The summed E-state index contributed by atoms with van der Waals surface area (Å²) in [5, 5.41) is 17.7. The molecule has 2 saturated heterocycles. The lowest BCUT2D eigenvalue weighted by Gasteiger charge is -2.33. The molecule has 16 heteroatoms. The van der Waals surface area contributed by atoms with Crippen molar-refractivity contribution in [1.29, 1.82) is 0 Å². The van der Waals surface area contributed by atoms with Gasteiger partial charge in [0, 0.05) is 55.3 Å². The van der Waals surface area contributed by atoms with Gasteiger partial charge < -0.3 is 39.1 Å². The van der Waals surface area contributed by atoms with Crippen LogP contribution < -0.4 is 10.6 Å². The van der Waals surface area contributed by atoms with E-state index in [0.717, 1.165) is 50.3 Å². The topological polar surface area (TPSA) is 162 Å². The van der Waals surface area contributed by atoms with Crippen LogP contribution in [0, 0.1) is 29.4 Å².